The number of nitrogens with zero attached hydrogens (tertiary/aromatic N) is 1. The van der Waals surface area contributed by atoms with Gasteiger partial charge in [-0.25, -0.2) is 9.69 Å². The summed E-state index contributed by atoms with van der Waals surface area (Å²) < 4.78 is 18.0. The molecule has 0 saturated carbocycles. The van der Waals surface area contributed by atoms with E-state index < -0.39 is 17.8 Å². The molecule has 0 spiro atoms. The molecule has 218 valence electrons. The Bertz CT molecular complexity index is 1710. The summed E-state index contributed by atoms with van der Waals surface area (Å²) >= 11 is 14.0. The molecular formula is C32H23Cl2IN2O6. The van der Waals surface area contributed by atoms with Gasteiger partial charge in [-0.1, -0.05) is 47.5 Å². The quantitative estimate of drug-likeness (QED) is 0.110. The topological polar surface area (TPSA) is 94.2 Å². The van der Waals surface area contributed by atoms with Gasteiger partial charge in [-0.15, -0.1) is 0 Å². The van der Waals surface area contributed by atoms with Crippen LogP contribution in [0.25, 0.3) is 6.08 Å². The molecule has 5 rings (SSSR count). The van der Waals surface area contributed by atoms with Gasteiger partial charge >= 0.3 is 6.03 Å². The summed E-state index contributed by atoms with van der Waals surface area (Å²) in [5, 5.41) is 3.51. The van der Waals surface area contributed by atoms with Crippen molar-refractivity contribution in [3.8, 4) is 17.2 Å². The molecule has 1 saturated heterocycles. The van der Waals surface area contributed by atoms with Crippen molar-refractivity contribution in [2.24, 2.45) is 0 Å². The molecule has 11 heteroatoms. The van der Waals surface area contributed by atoms with E-state index in [1.54, 1.807) is 60.7 Å². The molecule has 43 heavy (non-hydrogen) atoms. The number of carbonyl (C=O) groups is 3. The third kappa shape index (κ3) is 7.30. The monoisotopic (exact) mass is 728 g/mol. The molecule has 1 aliphatic heterocycles. The highest BCUT2D eigenvalue weighted by Gasteiger charge is 2.37. The summed E-state index contributed by atoms with van der Waals surface area (Å²) in [6.07, 6.45) is 1.41. The van der Waals surface area contributed by atoms with Crippen molar-refractivity contribution >= 4 is 75.4 Å². The first-order valence-corrected chi connectivity index (χ1v) is 14.7. The van der Waals surface area contributed by atoms with Crippen LogP contribution in [-0.4, -0.2) is 25.0 Å². The number of anilines is 1. The first-order valence-electron chi connectivity index (χ1n) is 12.9. The van der Waals surface area contributed by atoms with Gasteiger partial charge in [0.1, 0.15) is 24.5 Å². The predicted octanol–water partition coefficient (Wildman–Crippen LogP) is 7.43. The number of barbiturate groups is 1. The molecule has 0 radical (unpaired) electrons. The van der Waals surface area contributed by atoms with Crippen molar-refractivity contribution in [2.45, 2.75) is 13.2 Å². The predicted molar refractivity (Wildman–Crippen MR) is 173 cm³/mol. The molecule has 1 fully saturated rings. The van der Waals surface area contributed by atoms with E-state index in [2.05, 4.69) is 27.9 Å². The molecule has 0 aromatic heterocycles. The largest absolute Gasteiger partial charge is 0.493 e. The van der Waals surface area contributed by atoms with Crippen LogP contribution in [0.3, 0.4) is 0 Å². The number of rotatable bonds is 9. The van der Waals surface area contributed by atoms with Crippen LogP contribution in [-0.2, 0) is 22.8 Å². The molecule has 1 aliphatic rings. The summed E-state index contributed by atoms with van der Waals surface area (Å²) in [5.74, 6) is -0.101. The Morgan fingerprint density at radius 1 is 0.814 bits per heavy atom. The zero-order valence-electron chi connectivity index (χ0n) is 22.6. The van der Waals surface area contributed by atoms with Crippen LogP contribution in [0.5, 0.6) is 17.2 Å². The van der Waals surface area contributed by atoms with E-state index in [-0.39, 0.29) is 17.9 Å². The first kappa shape index (κ1) is 30.4. The van der Waals surface area contributed by atoms with Crippen LogP contribution in [0.1, 0.15) is 16.7 Å². The molecular weight excluding hydrogens is 706 g/mol. The third-order valence-electron chi connectivity index (χ3n) is 6.37. The van der Waals surface area contributed by atoms with Crippen LogP contribution in [0, 0.1) is 3.57 Å². The Labute approximate surface area is 271 Å². The van der Waals surface area contributed by atoms with Crippen LogP contribution < -0.4 is 24.4 Å². The fraction of sp³-hybridized carbons (Fsp3) is 0.0938. The van der Waals surface area contributed by atoms with Crippen LogP contribution in [0.15, 0.2) is 90.5 Å². The van der Waals surface area contributed by atoms with E-state index in [1.165, 1.54) is 13.2 Å². The molecule has 8 nitrogen and oxygen atoms in total. The summed E-state index contributed by atoms with van der Waals surface area (Å²) in [4.78, 5) is 39.8. The van der Waals surface area contributed by atoms with Crippen molar-refractivity contribution in [3.05, 3.63) is 121 Å². The minimum Gasteiger partial charge on any atom is -0.493 e. The maximum atomic E-state index is 13.4. The highest BCUT2D eigenvalue weighted by atomic mass is 127. The fourth-order valence-corrected chi connectivity index (χ4v) is 5.23. The van der Waals surface area contributed by atoms with E-state index in [0.29, 0.717) is 43.0 Å². The number of carbonyl (C=O) groups excluding carboxylic acids is 3. The minimum atomic E-state index is -0.847. The molecule has 0 unspecified atom stereocenters. The number of imide groups is 2. The number of amides is 4. The summed E-state index contributed by atoms with van der Waals surface area (Å²) in [5.41, 5.74) is 2.43. The average molecular weight is 729 g/mol. The summed E-state index contributed by atoms with van der Waals surface area (Å²) in [6.45, 7) is 0.598. The molecule has 4 amide bonds. The maximum Gasteiger partial charge on any atom is 0.335 e. The second kappa shape index (κ2) is 13.5. The third-order valence-corrected chi connectivity index (χ3v) is 7.68. The molecule has 4 aromatic rings. The van der Waals surface area contributed by atoms with Crippen LogP contribution >= 0.6 is 45.8 Å². The Balaban J connectivity index is 1.33. The summed E-state index contributed by atoms with van der Waals surface area (Å²) in [6, 6.07) is 23.5. The lowest BCUT2D eigenvalue weighted by atomic mass is 10.1. The zero-order valence-corrected chi connectivity index (χ0v) is 26.3. The number of nitrogens with one attached hydrogen (secondary N) is 1. The van der Waals surface area contributed by atoms with E-state index in [9.17, 15) is 14.4 Å². The Kier molecular flexibility index (Phi) is 9.54. The van der Waals surface area contributed by atoms with Crippen LogP contribution in [0.4, 0.5) is 10.5 Å². The van der Waals surface area contributed by atoms with Gasteiger partial charge in [0.15, 0.2) is 11.5 Å². The molecule has 0 atom stereocenters. The van der Waals surface area contributed by atoms with Gasteiger partial charge < -0.3 is 14.2 Å². The highest BCUT2D eigenvalue weighted by Crippen LogP contribution is 2.36. The Morgan fingerprint density at radius 2 is 1.40 bits per heavy atom. The second-order valence-electron chi connectivity index (χ2n) is 9.32. The molecule has 0 aliphatic carbocycles. The van der Waals surface area contributed by atoms with E-state index in [4.69, 9.17) is 37.4 Å². The highest BCUT2D eigenvalue weighted by molar-refractivity contribution is 14.1. The molecule has 1 N–H and O–H groups in total. The number of halogens is 3. The van der Waals surface area contributed by atoms with Crippen molar-refractivity contribution in [1.82, 2.24) is 5.32 Å². The average Bonchev–Trinajstić information content (AvgIpc) is 2.99. The molecule has 1 heterocycles. The normalized spacial score (nSPS) is 14.1. The van der Waals surface area contributed by atoms with Crippen molar-refractivity contribution in [3.63, 3.8) is 0 Å². The summed E-state index contributed by atoms with van der Waals surface area (Å²) in [7, 11) is 1.50. The molecule has 4 aromatic carbocycles. The number of urea groups is 1. The van der Waals surface area contributed by atoms with Gasteiger partial charge in [0.25, 0.3) is 11.8 Å². The van der Waals surface area contributed by atoms with Gasteiger partial charge in [0, 0.05) is 10.0 Å². The standard InChI is InChI=1S/C32H23Cl2IN2O6/c1-41-28-16-21(15-27(35)29(28)43-18-20-4-8-23(34)9-5-20)14-26-30(38)36-32(40)37(31(26)39)24-10-12-25(13-11-24)42-17-19-2-6-22(33)7-3-19/h2-16H,17-18H2,1H3,(H,36,38,40)/b26-14+. The van der Waals surface area contributed by atoms with Gasteiger partial charge in [-0.2, -0.15) is 0 Å². The number of benzene rings is 4. The number of hydrogen-bond acceptors (Lipinski definition) is 6. The van der Waals surface area contributed by atoms with Crippen LogP contribution in [0.2, 0.25) is 10.0 Å². The Morgan fingerprint density at radius 3 is 1.98 bits per heavy atom. The lowest BCUT2D eigenvalue weighted by molar-refractivity contribution is -0.122. The van der Waals surface area contributed by atoms with Crippen molar-refractivity contribution in [2.75, 3.05) is 12.0 Å². The first-order chi connectivity index (χ1) is 20.7. The van der Waals surface area contributed by atoms with Gasteiger partial charge in [0.2, 0.25) is 0 Å². The smallest absolute Gasteiger partial charge is 0.335 e. The SMILES string of the molecule is COc1cc(/C=C2\C(=O)NC(=O)N(c3ccc(OCc4ccc(Cl)cc4)cc3)C2=O)cc(I)c1OCc1ccc(Cl)cc1. The Hall–Kier alpha value is -4.06. The minimum absolute atomic E-state index is 0.213. The lowest BCUT2D eigenvalue weighted by Gasteiger charge is -2.26. The fourth-order valence-electron chi connectivity index (χ4n) is 4.20. The van der Waals surface area contributed by atoms with Gasteiger partial charge in [-0.05, 0) is 106 Å². The van der Waals surface area contributed by atoms with Crippen molar-refractivity contribution in [1.29, 1.82) is 0 Å². The van der Waals surface area contributed by atoms with E-state index in [1.807, 2.05) is 24.3 Å². The lowest BCUT2D eigenvalue weighted by Crippen LogP contribution is -2.54. The van der Waals surface area contributed by atoms with E-state index in [0.717, 1.165) is 16.0 Å². The number of hydrogen-bond donors (Lipinski definition) is 1. The van der Waals surface area contributed by atoms with Gasteiger partial charge in [0.05, 0.1) is 16.4 Å². The number of ether oxygens (including phenoxy) is 3. The van der Waals surface area contributed by atoms with Gasteiger partial charge in [-0.3, -0.25) is 14.9 Å². The maximum absolute atomic E-state index is 13.4. The number of methoxy groups -OCH3 is 1. The second-order valence-corrected chi connectivity index (χ2v) is 11.4. The zero-order chi connectivity index (χ0) is 30.5. The molecule has 0 bridgehead atoms. The van der Waals surface area contributed by atoms with Crippen molar-refractivity contribution < 1.29 is 28.6 Å². The van der Waals surface area contributed by atoms with E-state index >= 15 is 0 Å².